The predicted molar refractivity (Wildman–Crippen MR) is 99.0 cm³/mol. The number of aromatic nitrogens is 1. The third kappa shape index (κ3) is 3.42. The smallest absolute Gasteiger partial charge is 0.377 e. The fourth-order valence-corrected chi connectivity index (χ4v) is 3.00. The molecular formula is C21H17NO5. The van der Waals surface area contributed by atoms with Crippen LogP contribution in [0.2, 0.25) is 0 Å². The number of H-pyrrole nitrogens is 1. The highest BCUT2D eigenvalue weighted by atomic mass is 16.6. The Hall–Kier alpha value is -3.54. The average molecular weight is 363 g/mol. The third-order valence-corrected chi connectivity index (χ3v) is 4.23. The number of nitrogens with one attached hydrogen (secondary N) is 1. The molecular weight excluding hydrogens is 346 g/mol. The lowest BCUT2D eigenvalue weighted by Gasteiger charge is -2.14. The summed E-state index contributed by atoms with van der Waals surface area (Å²) < 4.78 is 15.3. The maximum atomic E-state index is 12.9. The van der Waals surface area contributed by atoms with Gasteiger partial charge in [-0.2, -0.15) is 0 Å². The molecule has 4 rings (SSSR count). The number of para-hydroxylation sites is 1. The van der Waals surface area contributed by atoms with E-state index in [1.165, 1.54) is 6.26 Å². The van der Waals surface area contributed by atoms with E-state index in [4.69, 9.17) is 14.2 Å². The first-order valence-electron chi connectivity index (χ1n) is 8.55. The van der Waals surface area contributed by atoms with Crippen LogP contribution in [0.4, 0.5) is 0 Å². The highest BCUT2D eigenvalue weighted by molar-refractivity contribution is 6.14. The number of ether oxygens (including phenoxy) is 3. The Balaban J connectivity index is 1.63. The normalized spacial score (nSPS) is 13.4. The summed E-state index contributed by atoms with van der Waals surface area (Å²) in [6, 6.07) is 17.1. The molecule has 0 spiro atoms. The first-order chi connectivity index (χ1) is 13.2. The molecule has 0 fully saturated rings. The van der Waals surface area contributed by atoms with Crippen molar-refractivity contribution >= 4 is 22.7 Å². The highest BCUT2D eigenvalue weighted by Gasteiger charge is 2.23. The molecule has 0 saturated heterocycles. The van der Waals surface area contributed by atoms with Gasteiger partial charge in [0.15, 0.2) is 6.61 Å². The van der Waals surface area contributed by atoms with Crippen molar-refractivity contribution in [3.05, 3.63) is 72.2 Å². The Kier molecular flexibility index (Phi) is 4.61. The molecule has 0 saturated carbocycles. The van der Waals surface area contributed by atoms with Crippen LogP contribution >= 0.6 is 0 Å². The molecule has 6 nitrogen and oxygen atoms in total. The van der Waals surface area contributed by atoms with Crippen LogP contribution in [-0.2, 0) is 19.0 Å². The van der Waals surface area contributed by atoms with Gasteiger partial charge in [-0.3, -0.25) is 4.79 Å². The molecule has 0 atom stereocenters. The number of esters is 1. The highest BCUT2D eigenvalue weighted by Crippen LogP contribution is 2.30. The van der Waals surface area contributed by atoms with Gasteiger partial charge in [-0.25, -0.2) is 4.79 Å². The van der Waals surface area contributed by atoms with Crippen molar-refractivity contribution in [2.24, 2.45) is 0 Å². The molecule has 0 bridgehead atoms. The number of Topliss-reactive ketones (excluding diaryl/α,β-unsaturated/α-hetero) is 1. The lowest BCUT2D eigenvalue weighted by atomic mass is 10.0. The molecule has 0 aliphatic carbocycles. The van der Waals surface area contributed by atoms with Crippen LogP contribution in [0.15, 0.2) is 66.6 Å². The number of hydrogen-bond acceptors (Lipinski definition) is 5. The zero-order chi connectivity index (χ0) is 18.6. The van der Waals surface area contributed by atoms with Gasteiger partial charge in [-0.1, -0.05) is 48.5 Å². The Bertz CT molecular complexity index is 1020. The van der Waals surface area contributed by atoms with Crippen molar-refractivity contribution in [3.63, 3.8) is 0 Å². The van der Waals surface area contributed by atoms with Gasteiger partial charge in [0.1, 0.15) is 19.5 Å². The first-order valence-corrected chi connectivity index (χ1v) is 8.55. The second kappa shape index (κ2) is 7.37. The average Bonchev–Trinajstić information content (AvgIpc) is 3.13. The molecule has 6 heteroatoms. The van der Waals surface area contributed by atoms with Crippen LogP contribution in [0.25, 0.3) is 22.2 Å². The summed E-state index contributed by atoms with van der Waals surface area (Å²) in [4.78, 5) is 28.2. The van der Waals surface area contributed by atoms with Gasteiger partial charge in [0.05, 0.1) is 11.3 Å². The summed E-state index contributed by atoms with van der Waals surface area (Å²) in [5, 5.41) is 0.786. The monoisotopic (exact) mass is 363 g/mol. The zero-order valence-electron chi connectivity index (χ0n) is 14.4. The van der Waals surface area contributed by atoms with Crippen LogP contribution in [0, 0.1) is 0 Å². The van der Waals surface area contributed by atoms with Gasteiger partial charge in [0.2, 0.25) is 11.5 Å². The van der Waals surface area contributed by atoms with Crippen LogP contribution in [-0.4, -0.2) is 36.6 Å². The third-order valence-electron chi connectivity index (χ3n) is 4.23. The SMILES string of the molecule is O=C(OCC(=O)c1c(-c2ccccc2)[nH]c2ccccc12)C1=COCCO1. The van der Waals surface area contributed by atoms with Crippen molar-refractivity contribution in [1.29, 1.82) is 0 Å². The minimum Gasteiger partial charge on any atom is -0.493 e. The van der Waals surface area contributed by atoms with E-state index in [0.717, 1.165) is 16.5 Å². The Morgan fingerprint density at radius 3 is 2.56 bits per heavy atom. The number of carbonyl (C=O) groups is 2. The number of carbonyl (C=O) groups excluding carboxylic acids is 2. The van der Waals surface area contributed by atoms with Gasteiger partial charge in [-0.15, -0.1) is 0 Å². The van der Waals surface area contributed by atoms with Crippen LogP contribution in [0.1, 0.15) is 10.4 Å². The summed E-state index contributed by atoms with van der Waals surface area (Å²) in [6.45, 7) is 0.266. The summed E-state index contributed by atoms with van der Waals surface area (Å²) in [5.74, 6) is -1.04. The van der Waals surface area contributed by atoms with Gasteiger partial charge in [0.25, 0.3) is 0 Å². The van der Waals surface area contributed by atoms with E-state index in [1.54, 1.807) is 0 Å². The van der Waals surface area contributed by atoms with Crippen molar-refractivity contribution < 1.29 is 23.8 Å². The van der Waals surface area contributed by atoms with Crippen molar-refractivity contribution in [1.82, 2.24) is 4.98 Å². The number of rotatable bonds is 5. The summed E-state index contributed by atoms with van der Waals surface area (Å²) in [5.41, 5.74) is 2.93. The fraction of sp³-hybridized carbons (Fsp3) is 0.143. The molecule has 27 heavy (non-hydrogen) atoms. The molecule has 0 unspecified atom stereocenters. The van der Waals surface area contributed by atoms with E-state index in [2.05, 4.69) is 4.98 Å². The molecule has 1 aliphatic rings. The van der Waals surface area contributed by atoms with Gasteiger partial charge in [0, 0.05) is 10.9 Å². The van der Waals surface area contributed by atoms with Gasteiger partial charge in [-0.05, 0) is 11.6 Å². The van der Waals surface area contributed by atoms with Crippen LogP contribution < -0.4 is 0 Å². The van der Waals surface area contributed by atoms with Crippen LogP contribution in [0.5, 0.6) is 0 Å². The Labute approximate surface area is 155 Å². The summed E-state index contributed by atoms with van der Waals surface area (Å²) in [6.07, 6.45) is 1.21. The second-order valence-corrected chi connectivity index (χ2v) is 5.99. The van der Waals surface area contributed by atoms with E-state index >= 15 is 0 Å². The zero-order valence-corrected chi connectivity index (χ0v) is 14.4. The maximum absolute atomic E-state index is 12.9. The largest absolute Gasteiger partial charge is 0.493 e. The molecule has 136 valence electrons. The van der Waals surface area contributed by atoms with Crippen molar-refractivity contribution in [3.8, 4) is 11.3 Å². The van der Waals surface area contributed by atoms with Crippen molar-refractivity contribution in [2.75, 3.05) is 19.8 Å². The van der Waals surface area contributed by atoms with E-state index in [0.29, 0.717) is 17.9 Å². The number of hydrogen-bond donors (Lipinski definition) is 1. The quantitative estimate of drug-likeness (QED) is 0.555. The molecule has 1 aliphatic heterocycles. The summed E-state index contributed by atoms with van der Waals surface area (Å²) in [7, 11) is 0. The molecule has 2 heterocycles. The van der Waals surface area contributed by atoms with E-state index < -0.39 is 5.97 Å². The molecule has 1 N–H and O–H groups in total. The number of benzene rings is 2. The number of aromatic amines is 1. The molecule has 0 radical (unpaired) electrons. The number of ketones is 1. The van der Waals surface area contributed by atoms with E-state index in [-0.39, 0.29) is 24.8 Å². The molecule has 3 aromatic rings. The number of fused-ring (bicyclic) bond motifs is 1. The molecule has 1 aromatic heterocycles. The molecule has 0 amide bonds. The lowest BCUT2D eigenvalue weighted by Crippen LogP contribution is -2.20. The standard InChI is InChI=1S/C21H17NO5/c23-17(12-27-21(24)18-13-25-10-11-26-18)19-15-8-4-5-9-16(15)22-20(19)14-6-2-1-3-7-14/h1-9,13,22H,10-12H2. The van der Waals surface area contributed by atoms with Gasteiger partial charge < -0.3 is 19.2 Å². The van der Waals surface area contributed by atoms with Crippen molar-refractivity contribution in [2.45, 2.75) is 0 Å². The summed E-state index contributed by atoms with van der Waals surface area (Å²) >= 11 is 0. The van der Waals surface area contributed by atoms with E-state index in [1.807, 2.05) is 54.6 Å². The Morgan fingerprint density at radius 1 is 1.00 bits per heavy atom. The minimum atomic E-state index is -0.718. The maximum Gasteiger partial charge on any atom is 0.377 e. The fourth-order valence-electron chi connectivity index (χ4n) is 3.00. The van der Waals surface area contributed by atoms with Gasteiger partial charge >= 0.3 is 5.97 Å². The lowest BCUT2D eigenvalue weighted by molar-refractivity contribution is -0.143. The second-order valence-electron chi connectivity index (χ2n) is 5.99. The topological polar surface area (TPSA) is 77.6 Å². The van der Waals surface area contributed by atoms with Crippen LogP contribution in [0.3, 0.4) is 0 Å². The molecule has 2 aromatic carbocycles. The predicted octanol–water partition coefficient (Wildman–Crippen LogP) is 3.45. The van der Waals surface area contributed by atoms with E-state index in [9.17, 15) is 9.59 Å². The minimum absolute atomic E-state index is 0.0312. The first kappa shape index (κ1) is 16.9. The Morgan fingerprint density at radius 2 is 1.78 bits per heavy atom.